The zero-order valence-electron chi connectivity index (χ0n) is 18.3. The minimum Gasteiger partial charge on any atom is -0.494 e. The highest BCUT2D eigenvalue weighted by atomic mass is 16.5. The molecule has 0 aliphatic rings. The van der Waals surface area contributed by atoms with Crippen molar-refractivity contribution in [2.75, 3.05) is 19.7 Å². The Morgan fingerprint density at radius 3 is 2.66 bits per heavy atom. The predicted octanol–water partition coefficient (Wildman–Crippen LogP) is 3.73. The fraction of sp³-hybridized carbons (Fsp3) is 0.280. The Kier molecular flexibility index (Phi) is 9.20. The summed E-state index contributed by atoms with van der Waals surface area (Å²) in [5.74, 6) is 2.19. The number of ether oxygens (including phenoxy) is 1. The number of furan rings is 1. The number of carbonyl (C=O) groups is 1. The third-order valence-corrected chi connectivity index (χ3v) is 4.58. The van der Waals surface area contributed by atoms with E-state index in [2.05, 4.69) is 20.9 Å². The maximum absolute atomic E-state index is 12.4. The van der Waals surface area contributed by atoms with Gasteiger partial charge in [-0.25, -0.2) is 4.99 Å². The second-order valence-corrected chi connectivity index (χ2v) is 7.10. The number of hydrogen-bond donors (Lipinski definition) is 3. The van der Waals surface area contributed by atoms with Crippen LogP contribution in [0.2, 0.25) is 0 Å². The van der Waals surface area contributed by atoms with Gasteiger partial charge in [0, 0.05) is 18.7 Å². The molecule has 0 radical (unpaired) electrons. The van der Waals surface area contributed by atoms with Gasteiger partial charge >= 0.3 is 0 Å². The molecule has 168 valence electrons. The Balaban J connectivity index is 1.46. The van der Waals surface area contributed by atoms with E-state index >= 15 is 0 Å². The zero-order chi connectivity index (χ0) is 22.4. The second-order valence-electron chi connectivity index (χ2n) is 7.10. The molecule has 0 aliphatic heterocycles. The molecule has 1 heterocycles. The Morgan fingerprint density at radius 1 is 1.00 bits per heavy atom. The standard InChI is InChI=1S/C25H30N4O3/c1-2-26-25(27-14-8-16-31-22-11-4-3-5-12-22)29-18-20-9-6-10-21(17-20)24(30)28-19-23-13-7-15-32-23/h3-7,9-13,15,17H,2,8,14,16,18-19H2,1H3,(H,28,30)(H2,26,27,29). The lowest BCUT2D eigenvalue weighted by Crippen LogP contribution is -2.38. The van der Waals surface area contributed by atoms with E-state index in [1.165, 1.54) is 0 Å². The molecule has 1 amide bonds. The lowest BCUT2D eigenvalue weighted by atomic mass is 10.1. The molecule has 0 unspecified atom stereocenters. The normalized spacial score (nSPS) is 11.1. The van der Waals surface area contributed by atoms with Gasteiger partial charge in [-0.15, -0.1) is 0 Å². The van der Waals surface area contributed by atoms with Crippen molar-refractivity contribution < 1.29 is 13.9 Å². The van der Waals surface area contributed by atoms with Crippen LogP contribution < -0.4 is 20.7 Å². The number of aliphatic imine (C=N–C) groups is 1. The SMILES string of the molecule is CCNC(=NCc1cccc(C(=O)NCc2ccco2)c1)NCCCOc1ccccc1. The topological polar surface area (TPSA) is 87.9 Å². The van der Waals surface area contributed by atoms with Gasteiger partial charge in [-0.05, 0) is 55.3 Å². The van der Waals surface area contributed by atoms with E-state index in [1.807, 2.05) is 61.5 Å². The molecule has 0 spiro atoms. The molecule has 7 heteroatoms. The van der Waals surface area contributed by atoms with Crippen LogP contribution in [0.5, 0.6) is 5.75 Å². The fourth-order valence-electron chi connectivity index (χ4n) is 2.99. The third-order valence-electron chi connectivity index (χ3n) is 4.58. The first kappa shape index (κ1) is 22.9. The van der Waals surface area contributed by atoms with Crippen LogP contribution in [-0.4, -0.2) is 31.6 Å². The molecule has 0 aliphatic carbocycles. The number of nitrogens with one attached hydrogen (secondary N) is 3. The van der Waals surface area contributed by atoms with Gasteiger partial charge in [0.1, 0.15) is 11.5 Å². The molecule has 0 atom stereocenters. The summed E-state index contributed by atoms with van der Waals surface area (Å²) in [7, 11) is 0. The van der Waals surface area contributed by atoms with Crippen molar-refractivity contribution in [1.82, 2.24) is 16.0 Å². The summed E-state index contributed by atoms with van der Waals surface area (Å²) < 4.78 is 11.0. The highest BCUT2D eigenvalue weighted by Gasteiger charge is 2.07. The van der Waals surface area contributed by atoms with E-state index < -0.39 is 0 Å². The lowest BCUT2D eigenvalue weighted by molar-refractivity contribution is 0.0948. The van der Waals surface area contributed by atoms with E-state index in [0.29, 0.717) is 25.3 Å². The molecule has 0 fully saturated rings. The fourth-order valence-corrected chi connectivity index (χ4v) is 2.99. The van der Waals surface area contributed by atoms with Crippen LogP contribution in [-0.2, 0) is 13.1 Å². The van der Waals surface area contributed by atoms with Crippen LogP contribution in [0.1, 0.15) is 35.0 Å². The van der Waals surface area contributed by atoms with Crippen molar-refractivity contribution >= 4 is 11.9 Å². The molecule has 3 aromatic rings. The number of rotatable bonds is 11. The first-order valence-electron chi connectivity index (χ1n) is 10.8. The van der Waals surface area contributed by atoms with Crippen molar-refractivity contribution in [2.24, 2.45) is 4.99 Å². The summed E-state index contributed by atoms with van der Waals surface area (Å²) in [6.45, 7) is 4.99. The number of guanidine groups is 1. The van der Waals surface area contributed by atoms with Gasteiger partial charge in [0.2, 0.25) is 0 Å². The van der Waals surface area contributed by atoms with Gasteiger partial charge in [-0.3, -0.25) is 4.79 Å². The predicted molar refractivity (Wildman–Crippen MR) is 126 cm³/mol. The minimum absolute atomic E-state index is 0.143. The largest absolute Gasteiger partial charge is 0.494 e. The summed E-state index contributed by atoms with van der Waals surface area (Å²) in [6, 6.07) is 20.9. The molecule has 2 aromatic carbocycles. The van der Waals surface area contributed by atoms with E-state index in [4.69, 9.17) is 9.15 Å². The average Bonchev–Trinajstić information content (AvgIpc) is 3.35. The van der Waals surface area contributed by atoms with Crippen LogP contribution in [0.25, 0.3) is 0 Å². The van der Waals surface area contributed by atoms with Gasteiger partial charge in [0.25, 0.3) is 5.91 Å². The molecule has 1 aromatic heterocycles. The van der Waals surface area contributed by atoms with Crippen LogP contribution in [0.4, 0.5) is 0 Å². The molecule has 0 bridgehead atoms. The Bertz CT molecular complexity index is 972. The molecule has 32 heavy (non-hydrogen) atoms. The maximum Gasteiger partial charge on any atom is 0.251 e. The number of hydrogen-bond acceptors (Lipinski definition) is 4. The number of carbonyl (C=O) groups excluding carboxylic acids is 1. The highest BCUT2D eigenvalue weighted by Crippen LogP contribution is 2.09. The summed E-state index contributed by atoms with van der Waals surface area (Å²) in [4.78, 5) is 17.0. The van der Waals surface area contributed by atoms with Gasteiger partial charge in [0.15, 0.2) is 5.96 Å². The monoisotopic (exact) mass is 434 g/mol. The zero-order valence-corrected chi connectivity index (χ0v) is 18.3. The smallest absolute Gasteiger partial charge is 0.251 e. The Morgan fingerprint density at radius 2 is 1.88 bits per heavy atom. The van der Waals surface area contributed by atoms with Gasteiger partial charge in [-0.1, -0.05) is 30.3 Å². The maximum atomic E-state index is 12.4. The van der Waals surface area contributed by atoms with E-state index in [1.54, 1.807) is 18.4 Å². The molecular weight excluding hydrogens is 404 g/mol. The van der Waals surface area contributed by atoms with Crippen LogP contribution >= 0.6 is 0 Å². The molecule has 7 nitrogen and oxygen atoms in total. The van der Waals surface area contributed by atoms with Crippen LogP contribution in [0.15, 0.2) is 82.4 Å². The second kappa shape index (κ2) is 12.8. The summed E-state index contributed by atoms with van der Waals surface area (Å²) in [5.41, 5.74) is 1.56. The summed E-state index contributed by atoms with van der Waals surface area (Å²) in [5, 5.41) is 9.42. The molecule has 3 N–H and O–H groups in total. The Labute approximate surface area is 188 Å². The van der Waals surface area contributed by atoms with E-state index in [0.717, 1.165) is 42.5 Å². The van der Waals surface area contributed by atoms with Gasteiger partial charge in [-0.2, -0.15) is 0 Å². The van der Waals surface area contributed by atoms with E-state index in [-0.39, 0.29) is 5.91 Å². The first-order valence-corrected chi connectivity index (χ1v) is 10.8. The average molecular weight is 435 g/mol. The van der Waals surface area contributed by atoms with Crippen molar-refractivity contribution in [2.45, 2.75) is 26.4 Å². The molecule has 0 saturated carbocycles. The number of para-hydroxylation sites is 1. The van der Waals surface area contributed by atoms with Crippen molar-refractivity contribution in [3.63, 3.8) is 0 Å². The van der Waals surface area contributed by atoms with E-state index in [9.17, 15) is 4.79 Å². The Hall–Kier alpha value is -3.74. The first-order chi connectivity index (χ1) is 15.7. The lowest BCUT2D eigenvalue weighted by Gasteiger charge is -2.12. The van der Waals surface area contributed by atoms with Crippen molar-refractivity contribution in [3.8, 4) is 5.75 Å². The molecular formula is C25H30N4O3. The third kappa shape index (κ3) is 7.83. The molecule has 3 rings (SSSR count). The van der Waals surface area contributed by atoms with Gasteiger partial charge in [0.05, 0.1) is 26.0 Å². The molecule has 0 saturated heterocycles. The minimum atomic E-state index is -0.143. The highest BCUT2D eigenvalue weighted by molar-refractivity contribution is 5.94. The number of benzene rings is 2. The quantitative estimate of drug-likeness (QED) is 0.243. The van der Waals surface area contributed by atoms with Crippen LogP contribution in [0.3, 0.4) is 0 Å². The summed E-state index contributed by atoms with van der Waals surface area (Å²) in [6.07, 6.45) is 2.44. The number of nitrogens with zero attached hydrogens (tertiary/aromatic N) is 1. The number of amides is 1. The summed E-state index contributed by atoms with van der Waals surface area (Å²) >= 11 is 0. The van der Waals surface area contributed by atoms with Crippen molar-refractivity contribution in [1.29, 1.82) is 0 Å². The van der Waals surface area contributed by atoms with Gasteiger partial charge < -0.3 is 25.1 Å². The van der Waals surface area contributed by atoms with Crippen molar-refractivity contribution in [3.05, 3.63) is 89.9 Å². The van der Waals surface area contributed by atoms with Crippen LogP contribution in [0, 0.1) is 0 Å².